The average Bonchev–Trinajstić information content (AvgIpc) is 3.30. The van der Waals surface area contributed by atoms with E-state index in [-0.39, 0.29) is 35.9 Å². The minimum Gasteiger partial charge on any atom is -0.383 e. The number of halogens is 4. The summed E-state index contributed by atoms with van der Waals surface area (Å²) in [5, 5.41) is 6.06. The van der Waals surface area contributed by atoms with E-state index in [2.05, 4.69) is 154 Å². The maximum Gasteiger partial charge on any atom is 0.220 e. The van der Waals surface area contributed by atoms with Gasteiger partial charge >= 0.3 is 0 Å². The Morgan fingerprint density at radius 1 is 0.642 bits per heavy atom. The van der Waals surface area contributed by atoms with Crippen LogP contribution in [0.5, 0.6) is 0 Å². The van der Waals surface area contributed by atoms with Crippen LogP contribution >= 0.6 is 60.2 Å². The Labute approximate surface area is 423 Å². The van der Waals surface area contributed by atoms with Crippen molar-refractivity contribution in [3.8, 4) is 11.3 Å². The first-order valence-corrected chi connectivity index (χ1v) is 23.8. The molecule has 0 aliphatic heterocycles. The van der Waals surface area contributed by atoms with E-state index in [1.807, 2.05) is 92.1 Å². The summed E-state index contributed by atoms with van der Waals surface area (Å²) in [4.78, 5) is 35.2. The number of nitrogens with one attached hydrogen (secondary N) is 1. The van der Waals surface area contributed by atoms with Crippen molar-refractivity contribution in [1.82, 2.24) is 14.9 Å². The zero-order valence-corrected chi connectivity index (χ0v) is 42.6. The minimum atomic E-state index is -0.333. The first-order valence-electron chi connectivity index (χ1n) is 21.5. The predicted molar refractivity (Wildman–Crippen MR) is 284 cm³/mol. The molecule has 13 heteroatoms. The van der Waals surface area contributed by atoms with Gasteiger partial charge < -0.3 is 22.1 Å². The topological polar surface area (TPSA) is 165 Å². The lowest BCUT2D eigenvalue weighted by Crippen LogP contribution is -2.21. The largest absolute Gasteiger partial charge is 0.383 e. The van der Waals surface area contributed by atoms with Gasteiger partial charge in [0.2, 0.25) is 5.95 Å². The predicted octanol–water partition coefficient (Wildman–Crippen LogP) is 12.6. The highest BCUT2D eigenvalue weighted by molar-refractivity contribution is 9.11. The quantitative estimate of drug-likeness (QED) is 0.0768. The van der Waals surface area contributed by atoms with Gasteiger partial charge in [-0.3, -0.25) is 15.0 Å². The number of nitrogens with zero attached hydrogens (tertiary/aromatic N) is 3. The lowest BCUT2D eigenvalue weighted by Gasteiger charge is -2.27. The molecule has 9 nitrogen and oxygen atoms in total. The Morgan fingerprint density at radius 3 is 1.61 bits per heavy atom. The van der Waals surface area contributed by atoms with Crippen molar-refractivity contribution in [3.63, 3.8) is 0 Å². The second kappa shape index (κ2) is 23.2. The molecule has 1 heterocycles. The Bertz CT molecular complexity index is 2940. The fourth-order valence-electron chi connectivity index (χ4n) is 8.91. The molecule has 0 saturated carbocycles. The van der Waals surface area contributed by atoms with Crippen molar-refractivity contribution in [1.29, 1.82) is 5.41 Å². The molecule has 3 aliphatic rings. The third kappa shape index (κ3) is 12.5. The maximum absolute atomic E-state index is 12.7. The number of benzene rings is 6. The summed E-state index contributed by atoms with van der Waals surface area (Å²) >= 11 is 10.6. The second-order valence-electron chi connectivity index (χ2n) is 16.5. The van der Waals surface area contributed by atoms with Gasteiger partial charge in [-0.25, -0.2) is 9.97 Å². The fourth-order valence-corrected chi connectivity index (χ4v) is 10.2. The van der Waals surface area contributed by atoms with E-state index < -0.39 is 0 Å². The number of Topliss-reactive ketones (excluding diaryl/α,β-unsaturated/α-hetero) is 2. The number of hydrogen-bond acceptors (Lipinski definition) is 7. The van der Waals surface area contributed by atoms with E-state index >= 15 is 0 Å². The van der Waals surface area contributed by atoms with Crippen LogP contribution in [0.25, 0.3) is 11.3 Å². The molecule has 3 unspecified atom stereocenters. The first kappa shape index (κ1) is 50.5. The Kier molecular flexibility index (Phi) is 17.5. The summed E-state index contributed by atoms with van der Waals surface area (Å²) in [6, 6.07) is 49.6. The van der Waals surface area contributed by atoms with Gasteiger partial charge in [0.05, 0.1) is 5.69 Å². The third-order valence-corrected chi connectivity index (χ3v) is 13.1. The van der Waals surface area contributed by atoms with Crippen molar-refractivity contribution < 1.29 is 9.59 Å². The molecule has 3 atom stereocenters. The van der Waals surface area contributed by atoms with Crippen molar-refractivity contribution in [2.45, 2.75) is 43.4 Å². The Hall–Kier alpha value is -5.92. The summed E-state index contributed by atoms with van der Waals surface area (Å²) < 4.78 is 3.26. The summed E-state index contributed by atoms with van der Waals surface area (Å²) in [6.07, 6.45) is 7.00. The Morgan fingerprint density at radius 2 is 1.09 bits per heavy atom. The lowest BCUT2D eigenvalue weighted by atomic mass is 9.76. The molecular weight excluding hydrogens is 1050 g/mol. The number of fused-ring (bicyclic) bond motifs is 5. The zero-order valence-electron chi connectivity index (χ0n) is 37.0. The highest BCUT2D eigenvalue weighted by atomic mass is 79.9. The van der Waals surface area contributed by atoms with Gasteiger partial charge in [-0.15, -0.1) is 12.4 Å². The molecule has 342 valence electrons. The second-order valence-corrected chi connectivity index (χ2v) is 19.2. The summed E-state index contributed by atoms with van der Waals surface area (Å²) in [7, 11) is 3.91. The number of hydrogen-bond donors (Lipinski definition) is 4. The SMILES string of the molecule is CN(C)/C=C1\CC(c2cccc(Br)c2)c2ccccc2C1=O.Cl.N=C(N)N.Nc1ncc2c(n1)-c1ccccc1C(c1cccc(Br)c1)C2.O=C1CCC(c2cccc(Br)c2)c2ccccc21. The van der Waals surface area contributed by atoms with Gasteiger partial charge in [0.15, 0.2) is 17.5 Å². The van der Waals surface area contributed by atoms with Crippen LogP contribution in [0.3, 0.4) is 0 Å². The molecule has 0 radical (unpaired) electrons. The van der Waals surface area contributed by atoms with Crippen LogP contribution in [-0.2, 0) is 6.42 Å². The van der Waals surface area contributed by atoms with Crippen LogP contribution in [0.15, 0.2) is 177 Å². The molecule has 0 fully saturated rings. The lowest BCUT2D eigenvalue weighted by molar-refractivity contribution is 0.0968. The summed E-state index contributed by atoms with van der Waals surface area (Å²) in [6.45, 7) is 0. The number of aromatic nitrogens is 2. The molecule has 3 aliphatic carbocycles. The summed E-state index contributed by atoms with van der Waals surface area (Å²) in [5.74, 6) is 1.30. The van der Waals surface area contributed by atoms with Gasteiger partial charge in [0.1, 0.15) is 0 Å². The normalized spacial score (nSPS) is 16.9. The number of allylic oxidation sites excluding steroid dienone is 1. The third-order valence-electron chi connectivity index (χ3n) is 11.7. The van der Waals surface area contributed by atoms with Gasteiger partial charge in [-0.05, 0) is 94.6 Å². The molecule has 7 aromatic rings. The molecule has 0 saturated heterocycles. The van der Waals surface area contributed by atoms with Gasteiger partial charge in [-0.2, -0.15) is 0 Å². The van der Waals surface area contributed by atoms with E-state index in [1.165, 1.54) is 27.8 Å². The van der Waals surface area contributed by atoms with Crippen molar-refractivity contribution in [3.05, 3.63) is 227 Å². The number of rotatable bonds is 4. The van der Waals surface area contributed by atoms with Crippen molar-refractivity contribution in [2.24, 2.45) is 11.5 Å². The standard InChI is InChI=1S/C19H18BrNO.C18H14BrN3.C16H13BrO.CH5N3.ClH/c1-21(2)12-14-11-18(13-6-5-7-15(20)10-13)16-8-3-4-9-17(16)19(14)22;19-13-5-3-4-11(8-13)16-9-12-10-21-18(20)22-17(12)15-7-2-1-6-14(15)16;17-12-5-3-4-11(10-12)13-8-9-16(18)15-7-2-1-6-14(13)15;2-1(3)4;/h3-10,12,18H,11H2,1-2H3;1-8,10,16H,9H2,(H2,20,21,22);1-7,10,13H,8-9H2;(H5,2,3,4);1H/b14-12+;;;;. The number of carbonyl (C=O) groups excluding carboxylic acids is 2. The van der Waals surface area contributed by atoms with Crippen LogP contribution < -0.4 is 17.2 Å². The molecule has 7 N–H and O–H groups in total. The highest BCUT2D eigenvalue weighted by Gasteiger charge is 2.31. The van der Waals surface area contributed by atoms with Crippen LogP contribution in [-0.4, -0.2) is 46.5 Å². The fraction of sp³-hybridized carbons (Fsp3) is 0.167. The van der Waals surface area contributed by atoms with Gasteiger partial charge in [0.25, 0.3) is 0 Å². The number of anilines is 1. The van der Waals surface area contributed by atoms with Crippen LogP contribution in [0.2, 0.25) is 0 Å². The number of carbonyl (C=O) groups is 2. The smallest absolute Gasteiger partial charge is 0.220 e. The minimum absolute atomic E-state index is 0. The number of ketones is 2. The van der Waals surface area contributed by atoms with Gasteiger partial charge in [0, 0.05) is 86.3 Å². The average molecular weight is 1110 g/mol. The Balaban J connectivity index is 0.000000159. The molecule has 67 heavy (non-hydrogen) atoms. The van der Waals surface area contributed by atoms with E-state index in [0.29, 0.717) is 24.2 Å². The number of guanidine groups is 1. The highest BCUT2D eigenvalue weighted by Crippen LogP contribution is 2.43. The molecule has 10 rings (SSSR count). The monoisotopic (exact) mass is 1100 g/mol. The van der Waals surface area contributed by atoms with Crippen LogP contribution in [0, 0.1) is 5.41 Å². The van der Waals surface area contributed by atoms with E-state index in [4.69, 9.17) is 11.1 Å². The first-order chi connectivity index (χ1) is 31.8. The number of nitrogen functional groups attached to an aromatic ring is 1. The van der Waals surface area contributed by atoms with E-state index in [1.54, 1.807) is 0 Å². The molecule has 0 spiro atoms. The maximum atomic E-state index is 12.7. The van der Waals surface area contributed by atoms with Crippen LogP contribution in [0.1, 0.15) is 96.7 Å². The van der Waals surface area contributed by atoms with E-state index in [9.17, 15) is 9.59 Å². The van der Waals surface area contributed by atoms with Gasteiger partial charge in [-0.1, -0.05) is 157 Å². The molecule has 1 aromatic heterocycles. The molecule has 0 bridgehead atoms. The zero-order chi connectivity index (χ0) is 46.9. The molecule has 0 amide bonds. The van der Waals surface area contributed by atoms with E-state index in [0.717, 1.165) is 71.8 Å². The molecular formula is C54H51Br3ClN7O2. The van der Waals surface area contributed by atoms with Crippen molar-refractivity contribution in [2.75, 3.05) is 19.8 Å². The van der Waals surface area contributed by atoms with Crippen LogP contribution in [0.4, 0.5) is 5.95 Å². The number of nitrogens with two attached hydrogens (primary N) is 3. The summed E-state index contributed by atoms with van der Waals surface area (Å²) in [5.41, 5.74) is 28.0. The van der Waals surface area contributed by atoms with Crippen molar-refractivity contribution >= 4 is 83.7 Å². The molecule has 6 aromatic carbocycles.